The third-order valence-corrected chi connectivity index (χ3v) is 7.40. The Kier molecular flexibility index (Phi) is 4.88. The molecule has 0 unspecified atom stereocenters. The molecule has 2 aliphatic rings. The normalized spacial score (nSPS) is 19.7. The highest BCUT2D eigenvalue weighted by Gasteiger charge is 2.43. The van der Waals surface area contributed by atoms with Crippen molar-refractivity contribution in [2.75, 3.05) is 25.9 Å². The molecule has 1 saturated heterocycles. The van der Waals surface area contributed by atoms with Crippen LogP contribution in [0.15, 0.2) is 24.3 Å². The van der Waals surface area contributed by atoms with Gasteiger partial charge in [0.05, 0.1) is 18.5 Å². The maximum absolute atomic E-state index is 12.8. The first-order valence-electron chi connectivity index (χ1n) is 9.08. The van der Waals surface area contributed by atoms with Crippen molar-refractivity contribution in [1.29, 1.82) is 0 Å². The molecule has 0 saturated carbocycles. The van der Waals surface area contributed by atoms with Gasteiger partial charge in [-0.15, -0.1) is 5.10 Å². The Bertz CT molecular complexity index is 997. The zero-order valence-electron chi connectivity index (χ0n) is 15.8. The van der Waals surface area contributed by atoms with E-state index >= 15 is 0 Å². The van der Waals surface area contributed by atoms with E-state index in [1.54, 1.807) is 11.8 Å². The first kappa shape index (κ1) is 19.3. The number of carbonyl (C=O) groups excluding carboxylic acids is 1. The zero-order chi connectivity index (χ0) is 19.9. The summed E-state index contributed by atoms with van der Waals surface area (Å²) in [5, 5.41) is 3.91. The maximum atomic E-state index is 12.8. The summed E-state index contributed by atoms with van der Waals surface area (Å²) in [5.41, 5.74) is 0.848. The highest BCUT2D eigenvalue weighted by Crippen LogP contribution is 2.36. The molecule has 10 heteroatoms. The molecular formula is C18H22N4O4S2. The first-order valence-corrected chi connectivity index (χ1v) is 11.7. The number of aromatic nitrogens is 2. The van der Waals surface area contributed by atoms with Gasteiger partial charge in [-0.3, -0.25) is 4.79 Å². The number of hydrogen-bond donors (Lipinski definition) is 0. The van der Waals surface area contributed by atoms with Crippen molar-refractivity contribution in [3.8, 4) is 5.75 Å². The molecule has 0 aliphatic carbocycles. The Morgan fingerprint density at radius 3 is 2.61 bits per heavy atom. The smallest absolute Gasteiger partial charge is 0.267 e. The predicted molar refractivity (Wildman–Crippen MR) is 105 cm³/mol. The van der Waals surface area contributed by atoms with Crippen LogP contribution in [-0.4, -0.2) is 64.6 Å². The molecule has 1 fully saturated rings. The summed E-state index contributed by atoms with van der Waals surface area (Å²) >= 11 is 1.11. The van der Waals surface area contributed by atoms with Gasteiger partial charge in [0.1, 0.15) is 16.2 Å². The van der Waals surface area contributed by atoms with Gasteiger partial charge in [0.2, 0.25) is 10.0 Å². The summed E-state index contributed by atoms with van der Waals surface area (Å²) in [6, 6.07) is 7.55. The molecule has 1 aromatic heterocycles. The second-order valence-electron chi connectivity index (χ2n) is 7.40. The molecule has 4 rings (SSSR count). The van der Waals surface area contributed by atoms with Crippen LogP contribution in [0, 0.1) is 6.92 Å². The van der Waals surface area contributed by atoms with E-state index in [1.165, 1.54) is 10.6 Å². The standard InChI is InChI=1S/C18H22N4O4S2/c1-13-16(27-20-19-13)17(23)21-9-7-18(8-10-21)12-22(28(2,24)25)11-14-5-3-4-6-15(14)26-18/h3-6H,7-12H2,1-2H3. The molecule has 0 radical (unpaired) electrons. The number of piperidine rings is 1. The van der Waals surface area contributed by atoms with Crippen LogP contribution in [0.4, 0.5) is 0 Å². The highest BCUT2D eigenvalue weighted by molar-refractivity contribution is 7.88. The maximum Gasteiger partial charge on any atom is 0.267 e. The van der Waals surface area contributed by atoms with Crippen LogP contribution in [0.1, 0.15) is 33.8 Å². The number of aryl methyl sites for hydroxylation is 1. The average molecular weight is 423 g/mol. The second kappa shape index (κ2) is 7.09. The summed E-state index contributed by atoms with van der Waals surface area (Å²) in [6.07, 6.45) is 2.35. The van der Waals surface area contributed by atoms with Gasteiger partial charge in [-0.05, 0) is 24.5 Å². The SMILES string of the molecule is Cc1nnsc1C(=O)N1CCC2(CC1)CN(S(C)(=O)=O)Cc1ccccc1O2. The fourth-order valence-corrected chi connectivity index (χ4v) is 5.22. The molecule has 0 bridgehead atoms. The minimum Gasteiger partial charge on any atom is -0.485 e. The van der Waals surface area contributed by atoms with E-state index in [4.69, 9.17) is 4.74 Å². The van der Waals surface area contributed by atoms with Crippen LogP contribution in [0.25, 0.3) is 0 Å². The van der Waals surface area contributed by atoms with Crippen LogP contribution in [0.3, 0.4) is 0 Å². The Balaban J connectivity index is 1.58. The van der Waals surface area contributed by atoms with Gasteiger partial charge in [-0.1, -0.05) is 22.7 Å². The van der Waals surface area contributed by atoms with Crippen LogP contribution in [0.5, 0.6) is 5.75 Å². The molecule has 0 N–H and O–H groups in total. The molecule has 1 amide bonds. The number of rotatable bonds is 2. The van der Waals surface area contributed by atoms with Crippen LogP contribution >= 0.6 is 11.5 Å². The van der Waals surface area contributed by atoms with E-state index in [1.807, 2.05) is 24.3 Å². The molecule has 2 aliphatic heterocycles. The fraction of sp³-hybridized carbons (Fsp3) is 0.500. The number of sulfonamides is 1. The average Bonchev–Trinajstić information content (AvgIpc) is 3.00. The van der Waals surface area contributed by atoms with Crippen molar-refractivity contribution in [2.24, 2.45) is 0 Å². The van der Waals surface area contributed by atoms with E-state index in [0.717, 1.165) is 22.8 Å². The molecule has 28 heavy (non-hydrogen) atoms. The van der Waals surface area contributed by atoms with Gasteiger partial charge in [0.25, 0.3) is 5.91 Å². The Hall–Kier alpha value is -2.04. The molecule has 8 nitrogen and oxygen atoms in total. The number of hydrogen-bond acceptors (Lipinski definition) is 7. The molecule has 150 valence electrons. The van der Waals surface area contributed by atoms with Gasteiger partial charge < -0.3 is 9.64 Å². The number of carbonyl (C=O) groups is 1. The van der Waals surface area contributed by atoms with Crippen molar-refractivity contribution >= 4 is 27.5 Å². The van der Waals surface area contributed by atoms with Gasteiger partial charge >= 0.3 is 0 Å². The molecule has 3 heterocycles. The van der Waals surface area contributed by atoms with Crippen molar-refractivity contribution < 1.29 is 17.9 Å². The Morgan fingerprint density at radius 2 is 1.96 bits per heavy atom. The number of benzene rings is 1. The molecule has 2 aromatic rings. The van der Waals surface area contributed by atoms with Crippen LogP contribution in [0.2, 0.25) is 0 Å². The van der Waals surface area contributed by atoms with Crippen molar-refractivity contribution in [3.05, 3.63) is 40.4 Å². The topological polar surface area (TPSA) is 92.7 Å². The van der Waals surface area contributed by atoms with Gasteiger partial charge in [-0.25, -0.2) is 8.42 Å². The minimum absolute atomic E-state index is 0.0728. The first-order chi connectivity index (χ1) is 13.3. The van der Waals surface area contributed by atoms with Crippen LogP contribution < -0.4 is 4.74 Å². The lowest BCUT2D eigenvalue weighted by molar-refractivity contribution is -0.00237. The molecule has 1 aromatic carbocycles. The van der Waals surface area contributed by atoms with Gasteiger partial charge in [0, 0.05) is 38.0 Å². The fourth-order valence-electron chi connectivity index (χ4n) is 3.75. The molecule has 0 atom stereocenters. The number of fused-ring (bicyclic) bond motifs is 1. The Morgan fingerprint density at radius 1 is 1.25 bits per heavy atom. The van der Waals surface area contributed by atoms with Crippen LogP contribution in [-0.2, 0) is 16.6 Å². The summed E-state index contributed by atoms with van der Waals surface area (Å²) in [6.45, 7) is 3.35. The number of para-hydroxylation sites is 1. The minimum atomic E-state index is -3.38. The van der Waals surface area contributed by atoms with E-state index in [-0.39, 0.29) is 12.5 Å². The number of nitrogens with zero attached hydrogens (tertiary/aromatic N) is 4. The van der Waals surface area contributed by atoms with Gasteiger partial charge in [0.15, 0.2) is 0 Å². The van der Waals surface area contributed by atoms with E-state index < -0.39 is 15.6 Å². The quantitative estimate of drug-likeness (QED) is 0.731. The predicted octanol–water partition coefficient (Wildman–Crippen LogP) is 1.68. The number of amides is 1. The Labute approximate surface area is 168 Å². The number of ether oxygens (including phenoxy) is 1. The van der Waals surface area contributed by atoms with Gasteiger partial charge in [-0.2, -0.15) is 4.31 Å². The van der Waals surface area contributed by atoms with Crippen molar-refractivity contribution in [2.45, 2.75) is 31.9 Å². The lowest BCUT2D eigenvalue weighted by atomic mass is 9.90. The van der Waals surface area contributed by atoms with E-state index in [2.05, 4.69) is 9.59 Å². The summed E-state index contributed by atoms with van der Waals surface area (Å²) in [5.74, 6) is 0.646. The summed E-state index contributed by atoms with van der Waals surface area (Å²) < 4.78 is 36.4. The summed E-state index contributed by atoms with van der Waals surface area (Å²) in [7, 11) is -3.38. The lowest BCUT2D eigenvalue weighted by Crippen LogP contribution is -2.55. The van der Waals surface area contributed by atoms with Crippen molar-refractivity contribution in [1.82, 2.24) is 18.8 Å². The zero-order valence-corrected chi connectivity index (χ0v) is 17.4. The second-order valence-corrected chi connectivity index (χ2v) is 10.1. The largest absolute Gasteiger partial charge is 0.485 e. The highest BCUT2D eigenvalue weighted by atomic mass is 32.2. The third-order valence-electron chi connectivity index (χ3n) is 5.39. The number of likely N-dealkylation sites (tertiary alicyclic amines) is 1. The molecular weight excluding hydrogens is 400 g/mol. The summed E-state index contributed by atoms with van der Waals surface area (Å²) in [4.78, 5) is 15.1. The monoisotopic (exact) mass is 422 g/mol. The van der Waals surface area contributed by atoms with E-state index in [9.17, 15) is 13.2 Å². The van der Waals surface area contributed by atoms with E-state index in [0.29, 0.717) is 43.0 Å². The third kappa shape index (κ3) is 3.63. The lowest BCUT2D eigenvalue weighted by Gasteiger charge is -2.42. The molecule has 1 spiro atoms. The van der Waals surface area contributed by atoms with Crippen molar-refractivity contribution in [3.63, 3.8) is 0 Å².